The maximum Gasteiger partial charge on any atom is 0.128 e. The fraction of sp³-hybridized carbons (Fsp3) is 0.688. The van der Waals surface area contributed by atoms with Gasteiger partial charge < -0.3 is 19.7 Å². The topological polar surface area (TPSA) is 46.6 Å². The molecule has 1 heterocycles. The zero-order valence-corrected chi connectivity index (χ0v) is 13.8. The van der Waals surface area contributed by atoms with Crippen LogP contribution >= 0.6 is 0 Å². The van der Waals surface area contributed by atoms with Crippen molar-refractivity contribution in [3.8, 4) is 0 Å². The van der Waals surface area contributed by atoms with Gasteiger partial charge >= 0.3 is 0 Å². The number of nitrogens with zero attached hydrogens (tertiary/aromatic N) is 2. The molecular weight excluding hydrogens is 266 g/mol. The van der Waals surface area contributed by atoms with Crippen LogP contribution in [0.15, 0.2) is 18.3 Å². The molecule has 1 atom stereocenters. The summed E-state index contributed by atoms with van der Waals surface area (Å²) in [6.07, 6.45) is 3.01. The maximum absolute atomic E-state index is 5.18. The minimum absolute atomic E-state index is 0.332. The summed E-state index contributed by atoms with van der Waals surface area (Å²) < 4.78 is 10.4. The van der Waals surface area contributed by atoms with Gasteiger partial charge in [0.2, 0.25) is 0 Å². The quantitative estimate of drug-likeness (QED) is 0.678. The Morgan fingerprint density at radius 3 is 2.48 bits per heavy atom. The van der Waals surface area contributed by atoms with E-state index in [1.54, 1.807) is 14.2 Å². The van der Waals surface area contributed by atoms with Gasteiger partial charge in [0.05, 0.1) is 13.2 Å². The Morgan fingerprint density at radius 1 is 1.24 bits per heavy atom. The number of anilines is 1. The molecule has 1 aromatic heterocycles. The first kappa shape index (κ1) is 17.9. The van der Waals surface area contributed by atoms with Crippen molar-refractivity contribution in [2.75, 3.05) is 52.0 Å². The lowest BCUT2D eigenvalue weighted by Gasteiger charge is -2.24. The molecule has 120 valence electrons. The molecule has 5 nitrogen and oxygen atoms in total. The third-order valence-corrected chi connectivity index (χ3v) is 3.42. The number of nitrogens with one attached hydrogen (secondary N) is 1. The zero-order valence-electron chi connectivity index (χ0n) is 13.8. The average molecular weight is 295 g/mol. The van der Waals surface area contributed by atoms with Crippen LogP contribution in [0, 0.1) is 0 Å². The third kappa shape index (κ3) is 6.42. The predicted octanol–water partition coefficient (Wildman–Crippen LogP) is 2.24. The van der Waals surface area contributed by atoms with Crippen molar-refractivity contribution in [3.63, 3.8) is 0 Å². The Labute approximate surface area is 128 Å². The molecule has 1 aromatic rings. The summed E-state index contributed by atoms with van der Waals surface area (Å²) in [6.45, 7) is 8.37. The Bertz CT molecular complexity index is 380. The summed E-state index contributed by atoms with van der Waals surface area (Å²) >= 11 is 0. The van der Waals surface area contributed by atoms with Gasteiger partial charge in [0.1, 0.15) is 5.82 Å². The van der Waals surface area contributed by atoms with Crippen LogP contribution < -0.4 is 10.2 Å². The molecule has 0 aliphatic rings. The summed E-state index contributed by atoms with van der Waals surface area (Å²) in [7, 11) is 3.43. The van der Waals surface area contributed by atoms with Crippen LogP contribution in [0.4, 0.5) is 5.82 Å². The summed E-state index contributed by atoms with van der Waals surface area (Å²) in [5, 5.41) is 3.51. The fourth-order valence-electron chi connectivity index (χ4n) is 2.10. The Hall–Kier alpha value is -1.17. The minimum atomic E-state index is 0.332. The van der Waals surface area contributed by atoms with Gasteiger partial charge in [-0.1, -0.05) is 6.92 Å². The van der Waals surface area contributed by atoms with E-state index in [1.807, 2.05) is 6.20 Å². The van der Waals surface area contributed by atoms with Gasteiger partial charge in [0, 0.05) is 39.5 Å². The van der Waals surface area contributed by atoms with Gasteiger partial charge in [-0.2, -0.15) is 0 Å². The summed E-state index contributed by atoms with van der Waals surface area (Å²) in [6, 6.07) is 4.55. The monoisotopic (exact) mass is 295 g/mol. The van der Waals surface area contributed by atoms with Crippen LogP contribution in [0.25, 0.3) is 0 Å². The maximum atomic E-state index is 5.18. The molecule has 0 bridgehead atoms. The van der Waals surface area contributed by atoms with E-state index < -0.39 is 0 Å². The lowest BCUT2D eigenvalue weighted by Crippen LogP contribution is -2.31. The Balaban J connectivity index is 2.77. The van der Waals surface area contributed by atoms with Gasteiger partial charge in [-0.15, -0.1) is 0 Å². The van der Waals surface area contributed by atoms with E-state index in [4.69, 9.17) is 9.47 Å². The number of rotatable bonds is 11. The van der Waals surface area contributed by atoms with E-state index in [1.165, 1.54) is 5.56 Å². The van der Waals surface area contributed by atoms with Crippen molar-refractivity contribution in [1.82, 2.24) is 10.3 Å². The van der Waals surface area contributed by atoms with Crippen LogP contribution in [0.5, 0.6) is 0 Å². The molecule has 0 saturated heterocycles. The molecule has 0 saturated carbocycles. The van der Waals surface area contributed by atoms with Crippen LogP contribution in [-0.4, -0.2) is 52.1 Å². The molecule has 0 aliphatic heterocycles. The molecule has 0 spiro atoms. The van der Waals surface area contributed by atoms with Gasteiger partial charge in [-0.3, -0.25) is 0 Å². The molecular formula is C16H29N3O2. The fourth-order valence-corrected chi connectivity index (χ4v) is 2.10. The standard InChI is InChI=1S/C16H29N3O2/c1-5-7-17-14(2)15-6-8-18-16(13-15)19(9-11-20-3)10-12-21-4/h6,8,13-14,17H,5,7,9-12H2,1-4H3. The van der Waals surface area contributed by atoms with Crippen LogP contribution in [-0.2, 0) is 9.47 Å². The molecule has 21 heavy (non-hydrogen) atoms. The average Bonchev–Trinajstić information content (AvgIpc) is 2.53. The molecule has 0 fully saturated rings. The summed E-state index contributed by atoms with van der Waals surface area (Å²) in [5.74, 6) is 0.978. The van der Waals surface area contributed by atoms with Crippen molar-refractivity contribution >= 4 is 5.82 Å². The molecule has 0 aliphatic carbocycles. The number of methoxy groups -OCH3 is 2. The van der Waals surface area contributed by atoms with Gasteiger partial charge in [0.15, 0.2) is 0 Å². The number of hydrogen-bond acceptors (Lipinski definition) is 5. The van der Waals surface area contributed by atoms with Crippen molar-refractivity contribution in [1.29, 1.82) is 0 Å². The van der Waals surface area contributed by atoms with E-state index in [-0.39, 0.29) is 0 Å². The lowest BCUT2D eigenvalue weighted by atomic mass is 10.1. The zero-order chi connectivity index (χ0) is 15.5. The summed E-state index contributed by atoms with van der Waals surface area (Å²) in [4.78, 5) is 6.69. The second-order valence-electron chi connectivity index (χ2n) is 5.10. The van der Waals surface area contributed by atoms with E-state index >= 15 is 0 Å². The highest BCUT2D eigenvalue weighted by Gasteiger charge is 2.11. The summed E-state index contributed by atoms with van der Waals surface area (Å²) in [5.41, 5.74) is 1.26. The van der Waals surface area contributed by atoms with Gasteiger partial charge in [0.25, 0.3) is 0 Å². The first-order valence-corrected chi connectivity index (χ1v) is 7.65. The molecule has 5 heteroatoms. The largest absolute Gasteiger partial charge is 0.383 e. The van der Waals surface area contributed by atoms with E-state index in [0.29, 0.717) is 19.3 Å². The van der Waals surface area contributed by atoms with E-state index in [9.17, 15) is 0 Å². The second-order valence-corrected chi connectivity index (χ2v) is 5.10. The highest BCUT2D eigenvalue weighted by Crippen LogP contribution is 2.18. The smallest absolute Gasteiger partial charge is 0.128 e. The SMILES string of the molecule is CCCNC(C)c1ccnc(N(CCOC)CCOC)c1. The third-order valence-electron chi connectivity index (χ3n) is 3.42. The predicted molar refractivity (Wildman–Crippen MR) is 86.9 cm³/mol. The highest BCUT2D eigenvalue weighted by atomic mass is 16.5. The van der Waals surface area contributed by atoms with Crippen molar-refractivity contribution in [2.45, 2.75) is 26.3 Å². The molecule has 1 N–H and O–H groups in total. The minimum Gasteiger partial charge on any atom is -0.383 e. The van der Waals surface area contributed by atoms with E-state index in [0.717, 1.165) is 31.9 Å². The van der Waals surface area contributed by atoms with Crippen molar-refractivity contribution in [2.24, 2.45) is 0 Å². The Morgan fingerprint density at radius 2 is 1.90 bits per heavy atom. The molecule has 0 aromatic carbocycles. The number of hydrogen-bond donors (Lipinski definition) is 1. The highest BCUT2D eigenvalue weighted by molar-refractivity contribution is 5.41. The van der Waals surface area contributed by atoms with Crippen LogP contribution in [0.3, 0.4) is 0 Å². The number of aromatic nitrogens is 1. The van der Waals surface area contributed by atoms with Crippen LogP contribution in [0.2, 0.25) is 0 Å². The lowest BCUT2D eigenvalue weighted by molar-refractivity contribution is 0.190. The second kappa shape index (κ2) is 10.5. The number of pyridine rings is 1. The van der Waals surface area contributed by atoms with E-state index in [2.05, 4.69) is 41.2 Å². The molecule has 0 radical (unpaired) electrons. The van der Waals surface area contributed by atoms with Gasteiger partial charge in [-0.05, 0) is 37.6 Å². The first-order chi connectivity index (χ1) is 10.2. The first-order valence-electron chi connectivity index (χ1n) is 7.65. The molecule has 1 unspecified atom stereocenters. The van der Waals surface area contributed by atoms with Crippen molar-refractivity contribution in [3.05, 3.63) is 23.9 Å². The molecule has 1 rings (SSSR count). The molecule has 0 amide bonds. The van der Waals surface area contributed by atoms with Crippen LogP contribution in [0.1, 0.15) is 31.9 Å². The number of ether oxygens (including phenoxy) is 2. The Kier molecular flexibility index (Phi) is 8.98. The normalized spacial score (nSPS) is 12.4. The van der Waals surface area contributed by atoms with Gasteiger partial charge in [-0.25, -0.2) is 4.98 Å². The van der Waals surface area contributed by atoms with Crippen molar-refractivity contribution < 1.29 is 9.47 Å².